The van der Waals surface area contributed by atoms with Crippen LogP contribution in [0.1, 0.15) is 27.7 Å². The van der Waals surface area contributed by atoms with Gasteiger partial charge in [-0.05, 0) is 13.8 Å². The molecule has 0 rings (SSSR count). The Morgan fingerprint density at radius 3 is 1.93 bits per heavy atom. The zero-order valence-electron chi connectivity index (χ0n) is 9.65. The van der Waals surface area contributed by atoms with Crippen LogP contribution in [0.5, 0.6) is 0 Å². The average molecular weight is 237 g/mol. The second-order valence-corrected chi connectivity index (χ2v) is 6.00. The number of aliphatic carboxylic acids is 1. The second-order valence-electron chi connectivity index (χ2n) is 4.03. The van der Waals surface area contributed by atoms with Crippen LogP contribution in [-0.2, 0) is 14.8 Å². The van der Waals surface area contributed by atoms with E-state index in [-0.39, 0.29) is 5.75 Å². The first-order chi connectivity index (χ1) is 6.67. The molecule has 6 heteroatoms. The maximum atomic E-state index is 11.8. The van der Waals surface area contributed by atoms with E-state index < -0.39 is 21.4 Å². The highest BCUT2D eigenvalue weighted by Crippen LogP contribution is 2.20. The summed E-state index contributed by atoms with van der Waals surface area (Å²) in [7, 11) is -3.47. The molecule has 0 heterocycles. The molecule has 0 saturated carbocycles. The van der Waals surface area contributed by atoms with E-state index in [9.17, 15) is 13.2 Å². The molecule has 0 unspecified atom stereocenters. The molecule has 0 fully saturated rings. The van der Waals surface area contributed by atoms with Gasteiger partial charge in [0.2, 0.25) is 10.0 Å². The topological polar surface area (TPSA) is 74.7 Å². The van der Waals surface area contributed by atoms with Crippen LogP contribution < -0.4 is 0 Å². The fourth-order valence-corrected chi connectivity index (χ4v) is 3.23. The van der Waals surface area contributed by atoms with Gasteiger partial charge in [0, 0.05) is 13.1 Å². The van der Waals surface area contributed by atoms with Crippen LogP contribution in [0.15, 0.2) is 0 Å². The lowest BCUT2D eigenvalue weighted by molar-refractivity contribution is -0.145. The van der Waals surface area contributed by atoms with Crippen LogP contribution >= 0.6 is 0 Å². The third-order valence-electron chi connectivity index (χ3n) is 2.22. The number of nitrogens with zero attached hydrogens (tertiary/aromatic N) is 1. The standard InChI is InChI=1S/C9H19NO4S/c1-5-10(6-2)15(13,14)7-9(3,4)8(11)12/h5-7H2,1-4H3,(H,11,12). The molecule has 15 heavy (non-hydrogen) atoms. The first-order valence-electron chi connectivity index (χ1n) is 4.88. The molecular weight excluding hydrogens is 218 g/mol. The lowest BCUT2D eigenvalue weighted by Crippen LogP contribution is -2.40. The summed E-state index contributed by atoms with van der Waals surface area (Å²) in [5, 5.41) is 8.85. The molecule has 0 saturated heterocycles. The maximum absolute atomic E-state index is 11.8. The van der Waals surface area contributed by atoms with Gasteiger partial charge < -0.3 is 5.11 Å². The normalized spacial score (nSPS) is 13.1. The number of hydrogen-bond acceptors (Lipinski definition) is 3. The summed E-state index contributed by atoms with van der Waals surface area (Å²) in [4.78, 5) is 10.8. The molecule has 0 aliphatic carbocycles. The predicted molar refractivity (Wildman–Crippen MR) is 58.1 cm³/mol. The quantitative estimate of drug-likeness (QED) is 0.740. The molecule has 0 aromatic rings. The van der Waals surface area contributed by atoms with E-state index in [0.29, 0.717) is 13.1 Å². The van der Waals surface area contributed by atoms with Crippen LogP contribution in [0, 0.1) is 5.41 Å². The van der Waals surface area contributed by atoms with Gasteiger partial charge in [0.1, 0.15) is 0 Å². The van der Waals surface area contributed by atoms with Crippen molar-refractivity contribution in [1.82, 2.24) is 4.31 Å². The monoisotopic (exact) mass is 237 g/mol. The summed E-state index contributed by atoms with van der Waals surface area (Å²) < 4.78 is 24.8. The van der Waals surface area contributed by atoms with Crippen LogP contribution in [0.2, 0.25) is 0 Å². The third kappa shape index (κ3) is 3.79. The Kier molecular flexibility index (Phi) is 4.73. The molecule has 5 nitrogen and oxygen atoms in total. The number of sulfonamides is 1. The number of carboxylic acids is 1. The summed E-state index contributed by atoms with van der Waals surface area (Å²) >= 11 is 0. The SMILES string of the molecule is CCN(CC)S(=O)(=O)CC(C)(C)C(=O)O. The fourth-order valence-electron chi connectivity index (χ4n) is 1.23. The first-order valence-corrected chi connectivity index (χ1v) is 6.49. The molecule has 0 atom stereocenters. The molecular formula is C9H19NO4S. The summed E-state index contributed by atoms with van der Waals surface area (Å²) in [6.07, 6.45) is 0. The van der Waals surface area contributed by atoms with Crippen molar-refractivity contribution in [1.29, 1.82) is 0 Å². The van der Waals surface area contributed by atoms with E-state index in [0.717, 1.165) is 0 Å². The summed E-state index contributed by atoms with van der Waals surface area (Å²) in [6, 6.07) is 0. The maximum Gasteiger partial charge on any atom is 0.310 e. The van der Waals surface area contributed by atoms with E-state index in [1.165, 1.54) is 18.2 Å². The average Bonchev–Trinajstić information content (AvgIpc) is 2.03. The highest BCUT2D eigenvalue weighted by Gasteiger charge is 2.35. The van der Waals surface area contributed by atoms with Gasteiger partial charge in [0.05, 0.1) is 11.2 Å². The zero-order chi connectivity index (χ0) is 12.3. The Labute approximate surface area is 91.1 Å². The number of carbonyl (C=O) groups is 1. The number of rotatable bonds is 6. The van der Waals surface area contributed by atoms with Crippen molar-refractivity contribution in [3.63, 3.8) is 0 Å². The third-order valence-corrected chi connectivity index (χ3v) is 4.61. The molecule has 0 aliphatic rings. The minimum absolute atomic E-state index is 0.364. The first kappa shape index (κ1) is 14.4. The highest BCUT2D eigenvalue weighted by atomic mass is 32.2. The van der Waals surface area contributed by atoms with Crippen molar-refractivity contribution >= 4 is 16.0 Å². The molecule has 90 valence electrons. The van der Waals surface area contributed by atoms with Crippen molar-refractivity contribution < 1.29 is 18.3 Å². The van der Waals surface area contributed by atoms with Gasteiger partial charge in [0.25, 0.3) is 0 Å². The van der Waals surface area contributed by atoms with Gasteiger partial charge in [-0.2, -0.15) is 0 Å². The summed E-state index contributed by atoms with van der Waals surface area (Å²) in [5.41, 5.74) is -1.25. The second kappa shape index (κ2) is 4.94. The van der Waals surface area contributed by atoms with Gasteiger partial charge in [-0.15, -0.1) is 0 Å². The number of carboxylic acid groups (broad SMARTS) is 1. The van der Waals surface area contributed by atoms with Crippen molar-refractivity contribution in [2.75, 3.05) is 18.8 Å². The van der Waals surface area contributed by atoms with E-state index in [4.69, 9.17) is 5.11 Å². The molecule has 0 amide bonds. The Morgan fingerprint density at radius 2 is 1.67 bits per heavy atom. The van der Waals surface area contributed by atoms with E-state index >= 15 is 0 Å². The van der Waals surface area contributed by atoms with Crippen molar-refractivity contribution in [2.24, 2.45) is 5.41 Å². The minimum Gasteiger partial charge on any atom is -0.481 e. The summed E-state index contributed by atoms with van der Waals surface area (Å²) in [6.45, 7) is 7.03. The Balaban J connectivity index is 4.86. The molecule has 1 N–H and O–H groups in total. The Bertz CT molecular complexity index is 317. The largest absolute Gasteiger partial charge is 0.481 e. The minimum atomic E-state index is -3.47. The smallest absolute Gasteiger partial charge is 0.310 e. The van der Waals surface area contributed by atoms with E-state index in [1.807, 2.05) is 0 Å². The van der Waals surface area contributed by atoms with Gasteiger partial charge in [-0.1, -0.05) is 13.8 Å². The molecule has 0 bridgehead atoms. The molecule has 0 aromatic heterocycles. The Morgan fingerprint density at radius 1 is 1.27 bits per heavy atom. The van der Waals surface area contributed by atoms with Crippen molar-refractivity contribution in [3.8, 4) is 0 Å². The van der Waals surface area contributed by atoms with Crippen LogP contribution in [0.3, 0.4) is 0 Å². The predicted octanol–water partition coefficient (Wildman–Crippen LogP) is 0.769. The lowest BCUT2D eigenvalue weighted by Gasteiger charge is -2.24. The lowest BCUT2D eigenvalue weighted by atomic mass is 9.97. The Hall–Kier alpha value is -0.620. The fraction of sp³-hybridized carbons (Fsp3) is 0.889. The van der Waals surface area contributed by atoms with E-state index in [2.05, 4.69) is 0 Å². The van der Waals surface area contributed by atoms with E-state index in [1.54, 1.807) is 13.8 Å². The van der Waals surface area contributed by atoms with Gasteiger partial charge >= 0.3 is 5.97 Å². The van der Waals surface area contributed by atoms with Gasteiger partial charge in [-0.25, -0.2) is 12.7 Å². The van der Waals surface area contributed by atoms with Crippen LogP contribution in [0.4, 0.5) is 0 Å². The van der Waals surface area contributed by atoms with Crippen LogP contribution in [-0.4, -0.2) is 42.6 Å². The molecule has 0 radical (unpaired) electrons. The van der Waals surface area contributed by atoms with Crippen molar-refractivity contribution in [2.45, 2.75) is 27.7 Å². The molecule has 0 spiro atoms. The van der Waals surface area contributed by atoms with Crippen molar-refractivity contribution in [3.05, 3.63) is 0 Å². The highest BCUT2D eigenvalue weighted by molar-refractivity contribution is 7.89. The van der Waals surface area contributed by atoms with Gasteiger partial charge in [0.15, 0.2) is 0 Å². The zero-order valence-corrected chi connectivity index (χ0v) is 10.5. The van der Waals surface area contributed by atoms with Crippen LogP contribution in [0.25, 0.3) is 0 Å². The number of hydrogen-bond donors (Lipinski definition) is 1. The molecule has 0 aliphatic heterocycles. The summed E-state index contributed by atoms with van der Waals surface area (Å²) in [5.74, 6) is -1.46. The van der Waals surface area contributed by atoms with Gasteiger partial charge in [-0.3, -0.25) is 4.79 Å². The molecule has 0 aromatic carbocycles.